The van der Waals surface area contributed by atoms with Crippen molar-refractivity contribution < 1.29 is 5.11 Å². The fourth-order valence-electron chi connectivity index (χ4n) is 4.16. The van der Waals surface area contributed by atoms with Crippen molar-refractivity contribution in [1.82, 2.24) is 4.90 Å². The standard InChI is InChI=1S/C16H31NO/c1-3-6-15(2,14-18)13-17-11-9-16(10-12-17)7-4-5-8-16/h18H,3-14H2,1-2H3. The van der Waals surface area contributed by atoms with Crippen LogP contribution in [0.25, 0.3) is 0 Å². The second-order valence-corrected chi connectivity index (χ2v) is 7.20. The topological polar surface area (TPSA) is 23.5 Å². The second kappa shape index (κ2) is 5.92. The molecule has 1 heterocycles. The summed E-state index contributed by atoms with van der Waals surface area (Å²) < 4.78 is 0. The molecule has 1 atom stereocenters. The van der Waals surface area contributed by atoms with Crippen LogP contribution in [0.1, 0.15) is 65.2 Å². The van der Waals surface area contributed by atoms with Crippen molar-refractivity contribution in [3.05, 3.63) is 0 Å². The van der Waals surface area contributed by atoms with Crippen molar-refractivity contribution in [2.45, 2.75) is 65.2 Å². The van der Waals surface area contributed by atoms with Crippen molar-refractivity contribution in [3.63, 3.8) is 0 Å². The first-order valence-electron chi connectivity index (χ1n) is 7.95. The summed E-state index contributed by atoms with van der Waals surface area (Å²) in [6.45, 7) is 8.42. The van der Waals surface area contributed by atoms with Gasteiger partial charge in [-0.2, -0.15) is 0 Å². The van der Waals surface area contributed by atoms with Crippen molar-refractivity contribution in [2.75, 3.05) is 26.2 Å². The van der Waals surface area contributed by atoms with Crippen molar-refractivity contribution in [2.24, 2.45) is 10.8 Å². The molecule has 1 aliphatic heterocycles. The van der Waals surface area contributed by atoms with Gasteiger partial charge in [-0.3, -0.25) is 0 Å². The van der Waals surface area contributed by atoms with E-state index in [0.29, 0.717) is 6.61 Å². The van der Waals surface area contributed by atoms with E-state index in [1.807, 2.05) is 0 Å². The Hall–Kier alpha value is -0.0800. The van der Waals surface area contributed by atoms with E-state index in [1.165, 1.54) is 58.0 Å². The van der Waals surface area contributed by atoms with Gasteiger partial charge in [0.2, 0.25) is 0 Å². The number of aliphatic hydroxyl groups excluding tert-OH is 1. The fraction of sp³-hybridized carbons (Fsp3) is 1.00. The highest BCUT2D eigenvalue weighted by molar-refractivity contribution is 4.91. The summed E-state index contributed by atoms with van der Waals surface area (Å²) in [5, 5.41) is 9.63. The van der Waals surface area contributed by atoms with Crippen LogP contribution in [0.5, 0.6) is 0 Å². The Bertz CT molecular complexity index is 250. The minimum Gasteiger partial charge on any atom is -0.396 e. The van der Waals surface area contributed by atoms with Gasteiger partial charge in [0.1, 0.15) is 0 Å². The highest BCUT2D eigenvalue weighted by Crippen LogP contribution is 2.46. The first kappa shape index (κ1) is 14.3. The maximum absolute atomic E-state index is 9.63. The molecular weight excluding hydrogens is 222 g/mol. The summed E-state index contributed by atoms with van der Waals surface area (Å²) >= 11 is 0. The number of likely N-dealkylation sites (tertiary alicyclic amines) is 1. The molecule has 0 aromatic carbocycles. The molecule has 1 saturated heterocycles. The third kappa shape index (κ3) is 3.27. The van der Waals surface area contributed by atoms with Gasteiger partial charge in [0, 0.05) is 18.6 Å². The largest absolute Gasteiger partial charge is 0.396 e. The number of hydrogen-bond donors (Lipinski definition) is 1. The molecule has 2 rings (SSSR count). The van der Waals surface area contributed by atoms with Gasteiger partial charge in [-0.05, 0) is 50.6 Å². The summed E-state index contributed by atoms with van der Waals surface area (Å²) in [5.41, 5.74) is 0.839. The molecule has 0 aromatic heterocycles. The van der Waals surface area contributed by atoms with Gasteiger partial charge in [-0.25, -0.2) is 0 Å². The van der Waals surface area contributed by atoms with Crippen LogP contribution in [0.15, 0.2) is 0 Å². The monoisotopic (exact) mass is 253 g/mol. The Kier molecular flexibility index (Phi) is 4.71. The van der Waals surface area contributed by atoms with Crippen LogP contribution in [0.4, 0.5) is 0 Å². The van der Waals surface area contributed by atoms with Crippen LogP contribution < -0.4 is 0 Å². The average molecular weight is 253 g/mol. The quantitative estimate of drug-likeness (QED) is 0.811. The maximum atomic E-state index is 9.63. The van der Waals surface area contributed by atoms with Gasteiger partial charge in [0.15, 0.2) is 0 Å². The lowest BCUT2D eigenvalue weighted by atomic mass is 9.76. The molecular formula is C16H31NO. The number of rotatable bonds is 5. The normalized spacial score (nSPS) is 27.5. The van der Waals surface area contributed by atoms with Gasteiger partial charge in [-0.1, -0.05) is 33.1 Å². The Morgan fingerprint density at radius 3 is 2.22 bits per heavy atom. The van der Waals surface area contributed by atoms with Crippen LogP contribution in [-0.4, -0.2) is 36.2 Å². The van der Waals surface area contributed by atoms with Gasteiger partial charge >= 0.3 is 0 Å². The predicted octanol–water partition coefficient (Wildman–Crippen LogP) is 3.44. The fourth-order valence-corrected chi connectivity index (χ4v) is 4.16. The first-order valence-corrected chi connectivity index (χ1v) is 7.95. The van der Waals surface area contributed by atoms with Crippen LogP contribution in [0, 0.1) is 10.8 Å². The summed E-state index contributed by atoms with van der Waals surface area (Å²) in [6, 6.07) is 0. The summed E-state index contributed by atoms with van der Waals surface area (Å²) in [5.74, 6) is 0. The number of nitrogens with zero attached hydrogens (tertiary/aromatic N) is 1. The minimum atomic E-state index is 0.120. The van der Waals surface area contributed by atoms with Gasteiger partial charge in [0.05, 0.1) is 0 Å². The number of aliphatic hydroxyl groups is 1. The summed E-state index contributed by atoms with van der Waals surface area (Å²) in [7, 11) is 0. The van der Waals surface area contributed by atoms with E-state index in [4.69, 9.17) is 0 Å². The molecule has 1 spiro atoms. The SMILES string of the molecule is CCCC(C)(CO)CN1CCC2(CCCC2)CC1. The van der Waals surface area contributed by atoms with E-state index in [1.54, 1.807) is 0 Å². The molecule has 0 bridgehead atoms. The van der Waals surface area contributed by atoms with E-state index in [-0.39, 0.29) is 5.41 Å². The Morgan fingerprint density at radius 2 is 1.72 bits per heavy atom. The lowest BCUT2D eigenvalue weighted by Gasteiger charge is -2.42. The molecule has 2 fully saturated rings. The van der Waals surface area contributed by atoms with Crippen LogP contribution in [0.2, 0.25) is 0 Å². The van der Waals surface area contributed by atoms with Crippen LogP contribution >= 0.6 is 0 Å². The third-order valence-corrected chi connectivity index (χ3v) is 5.42. The van der Waals surface area contributed by atoms with Gasteiger partial charge < -0.3 is 10.0 Å². The van der Waals surface area contributed by atoms with E-state index in [2.05, 4.69) is 18.7 Å². The molecule has 2 heteroatoms. The summed E-state index contributed by atoms with van der Waals surface area (Å²) in [6.07, 6.45) is 11.0. The Balaban J connectivity index is 1.82. The number of piperidine rings is 1. The Labute approximate surface area is 113 Å². The molecule has 2 aliphatic rings. The van der Waals surface area contributed by atoms with Crippen molar-refractivity contribution in [3.8, 4) is 0 Å². The molecule has 18 heavy (non-hydrogen) atoms. The zero-order valence-corrected chi connectivity index (χ0v) is 12.4. The Morgan fingerprint density at radius 1 is 1.11 bits per heavy atom. The highest BCUT2D eigenvalue weighted by atomic mass is 16.3. The molecule has 1 aliphatic carbocycles. The first-order chi connectivity index (χ1) is 8.61. The zero-order valence-electron chi connectivity index (χ0n) is 12.4. The minimum absolute atomic E-state index is 0.120. The van der Waals surface area contributed by atoms with E-state index >= 15 is 0 Å². The molecule has 0 amide bonds. The molecule has 1 unspecified atom stereocenters. The van der Waals surface area contributed by atoms with Crippen LogP contribution in [-0.2, 0) is 0 Å². The zero-order chi connectivity index (χ0) is 13.1. The number of hydrogen-bond acceptors (Lipinski definition) is 2. The van der Waals surface area contributed by atoms with Gasteiger partial charge in [0.25, 0.3) is 0 Å². The van der Waals surface area contributed by atoms with Crippen molar-refractivity contribution >= 4 is 0 Å². The van der Waals surface area contributed by atoms with Gasteiger partial charge in [-0.15, -0.1) is 0 Å². The van der Waals surface area contributed by atoms with Crippen LogP contribution in [0.3, 0.4) is 0 Å². The molecule has 1 N–H and O–H groups in total. The maximum Gasteiger partial charge on any atom is 0.0497 e. The average Bonchev–Trinajstić information content (AvgIpc) is 2.82. The second-order valence-electron chi connectivity index (χ2n) is 7.20. The van der Waals surface area contributed by atoms with E-state index < -0.39 is 0 Å². The lowest BCUT2D eigenvalue weighted by Crippen LogP contribution is -2.45. The smallest absolute Gasteiger partial charge is 0.0497 e. The predicted molar refractivity (Wildman–Crippen MR) is 76.7 cm³/mol. The third-order valence-electron chi connectivity index (χ3n) is 5.42. The lowest BCUT2D eigenvalue weighted by molar-refractivity contribution is 0.0409. The highest BCUT2D eigenvalue weighted by Gasteiger charge is 2.38. The summed E-state index contributed by atoms with van der Waals surface area (Å²) in [4.78, 5) is 2.61. The van der Waals surface area contributed by atoms with E-state index in [9.17, 15) is 5.11 Å². The molecule has 0 aromatic rings. The van der Waals surface area contributed by atoms with E-state index in [0.717, 1.165) is 18.4 Å². The molecule has 106 valence electrons. The van der Waals surface area contributed by atoms with Crippen molar-refractivity contribution in [1.29, 1.82) is 0 Å². The molecule has 2 nitrogen and oxygen atoms in total. The molecule has 0 radical (unpaired) electrons. The molecule has 1 saturated carbocycles.